The molecule has 2 aromatic rings. The van der Waals surface area contributed by atoms with Crippen molar-refractivity contribution in [2.45, 2.75) is 33.1 Å². The summed E-state index contributed by atoms with van der Waals surface area (Å²) in [6.45, 7) is 5.87. The van der Waals surface area contributed by atoms with Crippen molar-refractivity contribution in [1.82, 2.24) is 0 Å². The number of hydrogen-bond acceptors (Lipinski definition) is 2. The smallest absolute Gasteiger partial charge is 0.339 e. The van der Waals surface area contributed by atoms with Gasteiger partial charge in [-0.3, -0.25) is 0 Å². The van der Waals surface area contributed by atoms with E-state index in [0.717, 1.165) is 11.1 Å². The molecular formula is C18H20O3. The van der Waals surface area contributed by atoms with Gasteiger partial charge >= 0.3 is 5.97 Å². The summed E-state index contributed by atoms with van der Waals surface area (Å²) in [4.78, 5) is 11.4. The molecule has 0 saturated heterocycles. The van der Waals surface area contributed by atoms with Crippen molar-refractivity contribution in [2.24, 2.45) is 0 Å². The van der Waals surface area contributed by atoms with Crippen molar-refractivity contribution in [3.05, 3.63) is 64.2 Å². The Hall–Kier alpha value is -2.29. The summed E-state index contributed by atoms with van der Waals surface area (Å²) in [6, 6.07) is 11.7. The summed E-state index contributed by atoms with van der Waals surface area (Å²) in [5.74, 6) is -1.26. The topological polar surface area (TPSA) is 57.5 Å². The van der Waals surface area contributed by atoms with Crippen LogP contribution in [0.2, 0.25) is 0 Å². The number of aromatic hydroxyl groups is 1. The Balaban J connectivity index is 2.54. The number of carboxylic acids is 1. The predicted octanol–water partition coefficient (Wildman–Crippen LogP) is 4.11. The Labute approximate surface area is 124 Å². The summed E-state index contributed by atoms with van der Waals surface area (Å²) >= 11 is 0. The third-order valence-corrected chi connectivity index (χ3v) is 3.90. The molecule has 0 fully saturated rings. The lowest BCUT2D eigenvalue weighted by molar-refractivity contribution is 0.0692. The van der Waals surface area contributed by atoms with Crippen LogP contribution in [0.1, 0.15) is 52.4 Å². The second-order valence-electron chi connectivity index (χ2n) is 5.33. The monoisotopic (exact) mass is 284 g/mol. The summed E-state index contributed by atoms with van der Waals surface area (Å²) in [5.41, 5.74) is 3.53. The van der Waals surface area contributed by atoms with Gasteiger partial charge in [0.05, 0.1) is 0 Å². The van der Waals surface area contributed by atoms with Crippen LogP contribution in [0.15, 0.2) is 36.4 Å². The quantitative estimate of drug-likeness (QED) is 0.888. The first-order chi connectivity index (χ1) is 9.95. The second-order valence-corrected chi connectivity index (χ2v) is 5.33. The van der Waals surface area contributed by atoms with E-state index in [2.05, 4.69) is 6.07 Å². The molecule has 0 aliphatic heterocycles. The fourth-order valence-electron chi connectivity index (χ4n) is 2.65. The van der Waals surface area contributed by atoms with Crippen LogP contribution in [-0.2, 0) is 6.42 Å². The van der Waals surface area contributed by atoms with Gasteiger partial charge in [-0.25, -0.2) is 4.79 Å². The van der Waals surface area contributed by atoms with Crippen LogP contribution in [0.25, 0.3) is 0 Å². The molecule has 2 aromatic carbocycles. The van der Waals surface area contributed by atoms with Crippen molar-refractivity contribution >= 4 is 5.97 Å². The Morgan fingerprint density at radius 2 is 1.95 bits per heavy atom. The molecule has 2 N–H and O–H groups in total. The van der Waals surface area contributed by atoms with Crippen molar-refractivity contribution < 1.29 is 15.0 Å². The largest absolute Gasteiger partial charge is 0.507 e. The van der Waals surface area contributed by atoms with E-state index < -0.39 is 5.97 Å². The molecule has 0 bridgehead atoms. The zero-order valence-corrected chi connectivity index (χ0v) is 12.6. The first-order valence-electron chi connectivity index (χ1n) is 7.10. The molecule has 21 heavy (non-hydrogen) atoms. The van der Waals surface area contributed by atoms with Crippen molar-refractivity contribution in [2.75, 3.05) is 0 Å². The van der Waals surface area contributed by atoms with E-state index in [1.54, 1.807) is 6.07 Å². The minimum absolute atomic E-state index is 0.0227. The predicted molar refractivity (Wildman–Crippen MR) is 83.1 cm³/mol. The molecule has 0 aliphatic rings. The number of rotatable bonds is 4. The zero-order chi connectivity index (χ0) is 15.6. The van der Waals surface area contributed by atoms with E-state index >= 15 is 0 Å². The number of hydrogen-bond donors (Lipinski definition) is 2. The normalized spacial score (nSPS) is 12.1. The first kappa shape index (κ1) is 15.1. The van der Waals surface area contributed by atoms with Crippen LogP contribution in [0, 0.1) is 6.92 Å². The third kappa shape index (κ3) is 2.92. The highest BCUT2D eigenvalue weighted by molar-refractivity contribution is 5.93. The fraction of sp³-hybridized carbons (Fsp3) is 0.278. The Morgan fingerprint density at radius 1 is 1.24 bits per heavy atom. The number of aryl methyl sites for hydroxylation is 2. The molecule has 0 spiro atoms. The molecule has 3 nitrogen and oxygen atoms in total. The molecule has 0 saturated carbocycles. The molecule has 0 radical (unpaired) electrons. The summed E-state index contributed by atoms with van der Waals surface area (Å²) in [5, 5.41) is 19.7. The van der Waals surface area contributed by atoms with E-state index in [-0.39, 0.29) is 17.2 Å². The Kier molecular flexibility index (Phi) is 4.32. The fourth-order valence-corrected chi connectivity index (χ4v) is 2.65. The molecule has 0 aromatic heterocycles. The maximum Gasteiger partial charge on any atom is 0.339 e. The highest BCUT2D eigenvalue weighted by Crippen LogP contribution is 2.35. The molecule has 2 rings (SSSR count). The minimum Gasteiger partial charge on any atom is -0.507 e. The molecule has 0 aliphatic carbocycles. The molecule has 3 heteroatoms. The summed E-state index contributed by atoms with van der Waals surface area (Å²) in [7, 11) is 0. The van der Waals surface area contributed by atoms with Crippen LogP contribution in [0.5, 0.6) is 5.75 Å². The van der Waals surface area contributed by atoms with Crippen LogP contribution < -0.4 is 0 Å². The molecule has 110 valence electrons. The van der Waals surface area contributed by atoms with E-state index in [9.17, 15) is 15.0 Å². The number of carbonyl (C=O) groups is 1. The van der Waals surface area contributed by atoms with Gasteiger partial charge in [0.1, 0.15) is 11.3 Å². The van der Waals surface area contributed by atoms with Gasteiger partial charge in [0, 0.05) is 11.5 Å². The van der Waals surface area contributed by atoms with Crippen molar-refractivity contribution in [1.29, 1.82) is 0 Å². The summed E-state index contributed by atoms with van der Waals surface area (Å²) < 4.78 is 0. The molecule has 1 unspecified atom stereocenters. The lowest BCUT2D eigenvalue weighted by atomic mass is 9.88. The van der Waals surface area contributed by atoms with E-state index in [1.165, 1.54) is 0 Å². The standard InChI is InChI=1S/C18H20O3/c1-4-13-8-9-15(17(19)16(13)18(20)21)12(3)14-7-5-6-11(2)10-14/h5-10,12,19H,4H2,1-3H3,(H,20,21). The van der Waals surface area contributed by atoms with Crippen molar-refractivity contribution in [3.63, 3.8) is 0 Å². The highest BCUT2D eigenvalue weighted by atomic mass is 16.4. The highest BCUT2D eigenvalue weighted by Gasteiger charge is 2.21. The van der Waals surface area contributed by atoms with Crippen LogP contribution >= 0.6 is 0 Å². The van der Waals surface area contributed by atoms with E-state index in [4.69, 9.17) is 0 Å². The van der Waals surface area contributed by atoms with E-state index in [0.29, 0.717) is 17.5 Å². The average Bonchev–Trinajstić information content (AvgIpc) is 2.45. The first-order valence-corrected chi connectivity index (χ1v) is 7.10. The zero-order valence-electron chi connectivity index (χ0n) is 12.6. The Bertz CT molecular complexity index is 674. The van der Waals surface area contributed by atoms with Crippen LogP contribution in [0.4, 0.5) is 0 Å². The lowest BCUT2D eigenvalue weighted by Crippen LogP contribution is -2.06. The molecule has 1 atom stereocenters. The second kappa shape index (κ2) is 6.00. The third-order valence-electron chi connectivity index (χ3n) is 3.90. The number of benzene rings is 2. The van der Waals surface area contributed by atoms with Gasteiger partial charge in [0.25, 0.3) is 0 Å². The van der Waals surface area contributed by atoms with Crippen LogP contribution in [0.3, 0.4) is 0 Å². The average molecular weight is 284 g/mol. The van der Waals surface area contributed by atoms with E-state index in [1.807, 2.05) is 45.0 Å². The van der Waals surface area contributed by atoms with Gasteiger partial charge < -0.3 is 10.2 Å². The van der Waals surface area contributed by atoms with Gasteiger partial charge in [-0.15, -0.1) is 0 Å². The van der Waals surface area contributed by atoms with Gasteiger partial charge in [-0.05, 0) is 24.5 Å². The maximum atomic E-state index is 11.4. The molecule has 0 amide bonds. The van der Waals surface area contributed by atoms with Crippen LogP contribution in [-0.4, -0.2) is 16.2 Å². The lowest BCUT2D eigenvalue weighted by Gasteiger charge is -2.17. The van der Waals surface area contributed by atoms with Gasteiger partial charge in [0.2, 0.25) is 0 Å². The summed E-state index contributed by atoms with van der Waals surface area (Å²) in [6.07, 6.45) is 0.578. The van der Waals surface area contributed by atoms with Gasteiger partial charge in [0.15, 0.2) is 0 Å². The number of carboxylic acid groups (broad SMARTS) is 1. The number of phenols is 1. The molecular weight excluding hydrogens is 264 g/mol. The number of aromatic carboxylic acids is 1. The maximum absolute atomic E-state index is 11.4. The van der Waals surface area contributed by atoms with Crippen molar-refractivity contribution in [3.8, 4) is 5.75 Å². The Morgan fingerprint density at radius 3 is 2.52 bits per heavy atom. The minimum atomic E-state index is -1.08. The van der Waals surface area contributed by atoms with Gasteiger partial charge in [-0.2, -0.15) is 0 Å². The SMILES string of the molecule is CCc1ccc(C(C)c2cccc(C)c2)c(O)c1C(=O)O. The van der Waals surface area contributed by atoms with Gasteiger partial charge in [-0.1, -0.05) is 55.8 Å². The molecule has 0 heterocycles.